The molecule has 1 aromatic heterocycles. The molecule has 1 aromatic rings. The Kier molecular flexibility index (Phi) is 3.51. The molecule has 7 nitrogen and oxygen atoms in total. The number of hydrogen-bond donors (Lipinski definition) is 1. The summed E-state index contributed by atoms with van der Waals surface area (Å²) in [7, 11) is 1.77. The summed E-state index contributed by atoms with van der Waals surface area (Å²) in [5.41, 5.74) is 0.125. The molecule has 1 atom stereocenters. The van der Waals surface area contributed by atoms with Crippen molar-refractivity contribution in [3.63, 3.8) is 0 Å². The Labute approximate surface area is 111 Å². The van der Waals surface area contributed by atoms with Crippen LogP contribution in [-0.2, 0) is 13.1 Å². The number of nitrogens with zero attached hydrogens (tertiary/aromatic N) is 4. The average Bonchev–Trinajstić information content (AvgIpc) is 2.64. The zero-order valence-electron chi connectivity index (χ0n) is 11.9. The second-order valence-corrected chi connectivity index (χ2v) is 4.64. The maximum atomic E-state index is 12.5. The SMILES string of the molecule is CCC1c2c(n(CC)c(=O)n(CC)c2=O)N(C)N1N. The van der Waals surface area contributed by atoms with E-state index >= 15 is 0 Å². The largest absolute Gasteiger partial charge is 0.332 e. The van der Waals surface area contributed by atoms with Gasteiger partial charge in [0.1, 0.15) is 5.82 Å². The minimum Gasteiger partial charge on any atom is -0.280 e. The van der Waals surface area contributed by atoms with Crippen molar-refractivity contribution in [1.29, 1.82) is 0 Å². The van der Waals surface area contributed by atoms with Crippen LogP contribution >= 0.6 is 0 Å². The molecule has 2 heterocycles. The third-order valence-electron chi connectivity index (χ3n) is 3.76. The number of anilines is 1. The molecule has 0 saturated heterocycles. The van der Waals surface area contributed by atoms with Crippen LogP contribution in [0.2, 0.25) is 0 Å². The van der Waals surface area contributed by atoms with Crippen molar-refractivity contribution >= 4 is 5.82 Å². The Bertz CT molecular complexity index is 603. The Balaban J connectivity index is 2.88. The third kappa shape index (κ3) is 1.73. The molecular weight excluding hydrogens is 246 g/mol. The Morgan fingerprint density at radius 1 is 1.11 bits per heavy atom. The molecule has 2 N–H and O–H groups in total. The summed E-state index contributed by atoms with van der Waals surface area (Å²) in [6.45, 7) is 6.55. The van der Waals surface area contributed by atoms with Crippen molar-refractivity contribution in [3.8, 4) is 0 Å². The van der Waals surface area contributed by atoms with E-state index in [4.69, 9.17) is 5.84 Å². The number of aromatic nitrogens is 2. The fraction of sp³-hybridized carbons (Fsp3) is 0.667. The highest BCUT2D eigenvalue weighted by atomic mass is 16.2. The molecule has 1 aliphatic rings. The summed E-state index contributed by atoms with van der Waals surface area (Å²) in [6.07, 6.45) is 0.717. The zero-order chi connectivity index (χ0) is 14.3. The number of fused-ring (bicyclic) bond motifs is 1. The first kappa shape index (κ1) is 13.8. The molecule has 0 saturated carbocycles. The lowest BCUT2D eigenvalue weighted by atomic mass is 10.1. The van der Waals surface area contributed by atoms with E-state index in [-0.39, 0.29) is 17.3 Å². The summed E-state index contributed by atoms with van der Waals surface area (Å²) in [5.74, 6) is 6.63. The van der Waals surface area contributed by atoms with Crippen molar-refractivity contribution in [1.82, 2.24) is 14.3 Å². The van der Waals surface area contributed by atoms with Gasteiger partial charge in [0.15, 0.2) is 0 Å². The van der Waals surface area contributed by atoms with E-state index in [1.807, 2.05) is 13.8 Å². The fourth-order valence-electron chi connectivity index (χ4n) is 2.76. The summed E-state index contributed by atoms with van der Waals surface area (Å²) < 4.78 is 2.88. The minimum atomic E-state index is -0.272. The first-order chi connectivity index (χ1) is 8.99. The molecule has 106 valence electrons. The van der Waals surface area contributed by atoms with Crippen molar-refractivity contribution < 1.29 is 0 Å². The number of hydrogen-bond acceptors (Lipinski definition) is 5. The molecule has 19 heavy (non-hydrogen) atoms. The average molecular weight is 267 g/mol. The van der Waals surface area contributed by atoms with Gasteiger partial charge in [0.05, 0.1) is 11.6 Å². The monoisotopic (exact) mass is 267 g/mol. The van der Waals surface area contributed by atoms with Crippen molar-refractivity contribution in [3.05, 3.63) is 26.4 Å². The van der Waals surface area contributed by atoms with Crippen LogP contribution in [0, 0.1) is 0 Å². The molecule has 0 amide bonds. The second-order valence-electron chi connectivity index (χ2n) is 4.64. The van der Waals surface area contributed by atoms with Gasteiger partial charge in [-0.15, -0.1) is 0 Å². The molecule has 1 aliphatic heterocycles. The third-order valence-corrected chi connectivity index (χ3v) is 3.76. The van der Waals surface area contributed by atoms with Crippen LogP contribution in [0.5, 0.6) is 0 Å². The van der Waals surface area contributed by atoms with Gasteiger partial charge in [-0.25, -0.2) is 10.6 Å². The highest BCUT2D eigenvalue weighted by molar-refractivity contribution is 5.51. The molecule has 0 fully saturated rings. The second kappa shape index (κ2) is 4.82. The lowest BCUT2D eigenvalue weighted by Gasteiger charge is -2.25. The molecule has 7 heteroatoms. The smallest absolute Gasteiger partial charge is 0.280 e. The van der Waals surface area contributed by atoms with Gasteiger partial charge in [0, 0.05) is 20.1 Å². The lowest BCUT2D eigenvalue weighted by molar-refractivity contribution is 0.209. The van der Waals surface area contributed by atoms with Crippen LogP contribution < -0.4 is 22.1 Å². The Morgan fingerprint density at radius 2 is 1.68 bits per heavy atom. The maximum Gasteiger partial charge on any atom is 0.332 e. The fourth-order valence-corrected chi connectivity index (χ4v) is 2.76. The predicted octanol–water partition coefficient (Wildman–Crippen LogP) is 0.0414. The number of rotatable bonds is 3. The molecule has 0 bridgehead atoms. The first-order valence-corrected chi connectivity index (χ1v) is 6.64. The summed E-state index contributed by atoms with van der Waals surface area (Å²) in [5, 5.41) is 3.22. The maximum absolute atomic E-state index is 12.5. The first-order valence-electron chi connectivity index (χ1n) is 6.64. The standard InChI is InChI=1S/C12H21N5O2/c1-5-8-9-10(14(4)17(8)13)15(6-2)12(19)16(7-3)11(9)18/h8H,5-7,13H2,1-4H3. The molecule has 0 aromatic carbocycles. The van der Waals surface area contributed by atoms with Gasteiger partial charge in [-0.1, -0.05) is 6.92 Å². The van der Waals surface area contributed by atoms with E-state index in [2.05, 4.69) is 0 Å². The molecule has 1 unspecified atom stereocenters. The highest BCUT2D eigenvalue weighted by Gasteiger charge is 2.37. The van der Waals surface area contributed by atoms with E-state index in [9.17, 15) is 9.59 Å². The summed E-state index contributed by atoms with van der Waals surface area (Å²) in [4.78, 5) is 24.8. The lowest BCUT2D eigenvalue weighted by Crippen LogP contribution is -2.44. The normalized spacial score (nSPS) is 19.0. The van der Waals surface area contributed by atoms with Gasteiger partial charge >= 0.3 is 5.69 Å². The van der Waals surface area contributed by atoms with Gasteiger partial charge in [0.25, 0.3) is 5.56 Å². The van der Waals surface area contributed by atoms with Crippen molar-refractivity contribution in [2.45, 2.75) is 46.3 Å². The molecule has 0 radical (unpaired) electrons. The topological polar surface area (TPSA) is 76.5 Å². The van der Waals surface area contributed by atoms with Gasteiger partial charge in [-0.05, 0) is 20.3 Å². The van der Waals surface area contributed by atoms with Gasteiger partial charge in [0.2, 0.25) is 0 Å². The van der Waals surface area contributed by atoms with Crippen LogP contribution in [0.25, 0.3) is 0 Å². The molecule has 2 rings (SSSR count). The van der Waals surface area contributed by atoms with Crippen LogP contribution in [0.1, 0.15) is 38.8 Å². The van der Waals surface area contributed by atoms with Crippen LogP contribution in [0.3, 0.4) is 0 Å². The van der Waals surface area contributed by atoms with Crippen LogP contribution in [-0.4, -0.2) is 21.3 Å². The summed E-state index contributed by atoms with van der Waals surface area (Å²) in [6, 6.07) is -0.177. The molecular formula is C12H21N5O2. The van der Waals surface area contributed by atoms with Crippen LogP contribution in [0.15, 0.2) is 9.59 Å². The predicted molar refractivity (Wildman–Crippen MR) is 73.8 cm³/mol. The van der Waals surface area contributed by atoms with Gasteiger partial charge < -0.3 is 0 Å². The van der Waals surface area contributed by atoms with E-state index in [0.29, 0.717) is 30.9 Å². The summed E-state index contributed by atoms with van der Waals surface area (Å²) >= 11 is 0. The van der Waals surface area contributed by atoms with E-state index < -0.39 is 0 Å². The number of hydrazine groups is 2. The zero-order valence-corrected chi connectivity index (χ0v) is 11.9. The molecule has 0 aliphatic carbocycles. The van der Waals surface area contributed by atoms with Gasteiger partial charge in [-0.2, -0.15) is 5.12 Å². The van der Waals surface area contributed by atoms with Crippen molar-refractivity contribution in [2.75, 3.05) is 12.1 Å². The minimum absolute atomic E-state index is 0.177. The van der Waals surface area contributed by atoms with Crippen LogP contribution in [0.4, 0.5) is 5.82 Å². The molecule has 0 spiro atoms. The van der Waals surface area contributed by atoms with E-state index in [0.717, 1.165) is 0 Å². The number of nitrogens with two attached hydrogens (primary N) is 1. The Morgan fingerprint density at radius 3 is 2.16 bits per heavy atom. The quantitative estimate of drug-likeness (QED) is 0.783. The van der Waals surface area contributed by atoms with Gasteiger partial charge in [-0.3, -0.25) is 18.9 Å². The van der Waals surface area contributed by atoms with Crippen molar-refractivity contribution in [2.24, 2.45) is 5.84 Å². The Hall–Kier alpha value is -1.60. The van der Waals surface area contributed by atoms with E-state index in [1.165, 1.54) is 9.69 Å². The highest BCUT2D eigenvalue weighted by Crippen LogP contribution is 2.35. The van der Waals surface area contributed by atoms with E-state index in [1.54, 1.807) is 23.5 Å².